The van der Waals surface area contributed by atoms with E-state index in [4.69, 9.17) is 19.2 Å². The second-order valence-corrected chi connectivity index (χ2v) is 9.80. The maximum atomic E-state index is 12.2. The number of carbonyl (C=O) groups excluding carboxylic acids is 1. The Morgan fingerprint density at radius 2 is 1.78 bits per heavy atom. The molecule has 36 heavy (non-hydrogen) atoms. The predicted molar refractivity (Wildman–Crippen MR) is 146 cm³/mol. The van der Waals surface area contributed by atoms with Gasteiger partial charge in [-0.25, -0.2) is 4.98 Å². The molecule has 1 unspecified atom stereocenters. The van der Waals surface area contributed by atoms with Crippen molar-refractivity contribution in [3.63, 3.8) is 0 Å². The van der Waals surface area contributed by atoms with Gasteiger partial charge in [-0.2, -0.15) is 0 Å². The number of hydrogen-bond acceptors (Lipinski definition) is 5. The molecule has 0 bridgehead atoms. The van der Waals surface area contributed by atoms with E-state index in [0.717, 1.165) is 32.5 Å². The van der Waals surface area contributed by atoms with Crippen molar-refractivity contribution < 1.29 is 19.0 Å². The molecule has 1 heterocycles. The lowest BCUT2D eigenvalue weighted by molar-refractivity contribution is 0.0997. The van der Waals surface area contributed by atoms with E-state index >= 15 is 0 Å². The molecular weight excluding hydrogens is 520 g/mol. The van der Waals surface area contributed by atoms with E-state index in [9.17, 15) is 4.79 Å². The summed E-state index contributed by atoms with van der Waals surface area (Å²) < 4.78 is 18.4. The van der Waals surface area contributed by atoms with Crippen molar-refractivity contribution >= 4 is 32.7 Å². The number of imidazole rings is 1. The van der Waals surface area contributed by atoms with Crippen LogP contribution in [0.2, 0.25) is 0 Å². The van der Waals surface area contributed by atoms with Gasteiger partial charge in [-0.05, 0) is 52.5 Å². The number of halogens is 1. The summed E-state index contributed by atoms with van der Waals surface area (Å²) in [5.74, 6) is 2.36. The van der Waals surface area contributed by atoms with Crippen molar-refractivity contribution in [3.8, 4) is 22.9 Å². The lowest BCUT2D eigenvalue weighted by Gasteiger charge is -2.22. The molecule has 0 aliphatic carbocycles. The number of aromatic amines is 1. The second-order valence-electron chi connectivity index (χ2n) is 9.01. The van der Waals surface area contributed by atoms with Crippen LogP contribution in [0.25, 0.3) is 22.4 Å². The van der Waals surface area contributed by atoms with Crippen molar-refractivity contribution in [1.29, 1.82) is 0 Å². The lowest BCUT2D eigenvalue weighted by atomic mass is 10.0. The van der Waals surface area contributed by atoms with E-state index in [1.54, 1.807) is 20.3 Å². The van der Waals surface area contributed by atoms with Gasteiger partial charge in [0.05, 0.1) is 23.8 Å². The molecule has 188 valence electrons. The van der Waals surface area contributed by atoms with E-state index in [2.05, 4.69) is 59.0 Å². The minimum Gasteiger partial charge on any atom is -0.494 e. The van der Waals surface area contributed by atoms with Crippen molar-refractivity contribution in [3.05, 3.63) is 75.8 Å². The number of hydrogen-bond donors (Lipinski definition) is 1. The first-order chi connectivity index (χ1) is 17.3. The first-order valence-corrected chi connectivity index (χ1v) is 12.7. The minimum atomic E-state index is -0.399. The first kappa shape index (κ1) is 25.9. The Bertz CT molecular complexity index is 1360. The number of aromatic nitrogens is 2. The summed E-state index contributed by atoms with van der Waals surface area (Å²) in [6.45, 7) is 6.37. The molecule has 3 aromatic carbocycles. The number of nitrogens with one attached hydrogen (secondary N) is 1. The molecule has 1 aromatic heterocycles. The van der Waals surface area contributed by atoms with E-state index in [1.165, 1.54) is 12.5 Å². The van der Waals surface area contributed by atoms with Crippen molar-refractivity contribution in [2.45, 2.75) is 39.2 Å². The van der Waals surface area contributed by atoms with Gasteiger partial charge in [0.15, 0.2) is 5.78 Å². The number of Topliss-reactive ketones (excluding diaryl/α,β-unsaturated/α-hetero) is 1. The van der Waals surface area contributed by atoms with Gasteiger partial charge in [-0.3, -0.25) is 4.79 Å². The molecular formula is C29H31BrN2O4. The molecule has 6 nitrogen and oxygen atoms in total. The summed E-state index contributed by atoms with van der Waals surface area (Å²) in [6.07, 6.45) is 0.174. The van der Waals surface area contributed by atoms with Gasteiger partial charge in [-0.1, -0.05) is 50.2 Å². The van der Waals surface area contributed by atoms with Crippen LogP contribution in [0.1, 0.15) is 60.7 Å². The number of para-hydroxylation sites is 1. The van der Waals surface area contributed by atoms with Gasteiger partial charge in [0.2, 0.25) is 0 Å². The monoisotopic (exact) mass is 550 g/mol. The third-order valence-electron chi connectivity index (χ3n) is 6.24. The highest BCUT2D eigenvalue weighted by molar-refractivity contribution is 9.10. The van der Waals surface area contributed by atoms with E-state index < -0.39 is 6.10 Å². The summed E-state index contributed by atoms with van der Waals surface area (Å²) >= 11 is 3.79. The largest absolute Gasteiger partial charge is 0.494 e. The fraction of sp³-hybridized carbons (Fsp3) is 0.310. The van der Waals surface area contributed by atoms with Crippen molar-refractivity contribution in [2.75, 3.05) is 20.8 Å². The highest BCUT2D eigenvalue weighted by Crippen LogP contribution is 2.40. The summed E-state index contributed by atoms with van der Waals surface area (Å²) in [7, 11) is 3.30. The van der Waals surface area contributed by atoms with Crippen LogP contribution in [0.5, 0.6) is 11.5 Å². The Labute approximate surface area is 220 Å². The second kappa shape index (κ2) is 11.3. The van der Waals surface area contributed by atoms with Gasteiger partial charge in [0.1, 0.15) is 34.5 Å². The molecule has 4 rings (SSSR count). The quantitative estimate of drug-likeness (QED) is 0.207. The SMILES string of the molecule is COCCC(Oc1ccccc1C(C)=O)c1cc(OC)c2[nH]c(-c3ccc(C(C)C)cc3)nc2c1Br. The predicted octanol–water partition coefficient (Wildman–Crippen LogP) is 7.48. The highest BCUT2D eigenvalue weighted by atomic mass is 79.9. The zero-order valence-electron chi connectivity index (χ0n) is 21.2. The maximum Gasteiger partial charge on any atom is 0.163 e. The van der Waals surface area contributed by atoms with E-state index in [0.29, 0.717) is 36.0 Å². The Balaban J connectivity index is 1.79. The Hall–Kier alpha value is -3.16. The summed E-state index contributed by atoms with van der Waals surface area (Å²) in [4.78, 5) is 20.5. The van der Waals surface area contributed by atoms with E-state index in [-0.39, 0.29) is 5.78 Å². The highest BCUT2D eigenvalue weighted by Gasteiger charge is 2.24. The van der Waals surface area contributed by atoms with Crippen LogP contribution in [-0.2, 0) is 4.74 Å². The standard InChI is InChI=1S/C29H31BrN2O4/c1-17(2)19-10-12-20(13-11-19)29-31-27-25(35-5)16-22(26(30)28(27)32-29)24(14-15-34-4)36-23-9-7-6-8-21(23)18(3)33/h6-13,16-17,24H,14-15H2,1-5H3,(H,31,32). The Kier molecular flexibility index (Phi) is 8.11. The minimum absolute atomic E-state index is 0.0522. The molecule has 7 heteroatoms. The first-order valence-electron chi connectivity index (χ1n) is 12.0. The smallest absolute Gasteiger partial charge is 0.163 e. The molecule has 0 saturated heterocycles. The number of ether oxygens (including phenoxy) is 3. The molecule has 0 amide bonds. The number of methoxy groups -OCH3 is 2. The molecule has 0 aliphatic rings. The van der Waals surface area contributed by atoms with Crippen LogP contribution >= 0.6 is 15.9 Å². The Morgan fingerprint density at radius 3 is 2.42 bits per heavy atom. The van der Waals surface area contributed by atoms with Gasteiger partial charge < -0.3 is 19.2 Å². The number of carbonyl (C=O) groups is 1. The van der Waals surface area contributed by atoms with Crippen LogP contribution < -0.4 is 9.47 Å². The van der Waals surface area contributed by atoms with Crippen molar-refractivity contribution in [2.24, 2.45) is 0 Å². The molecule has 0 aliphatic heterocycles. The molecule has 0 spiro atoms. The van der Waals surface area contributed by atoms with Crippen LogP contribution in [0, 0.1) is 0 Å². The van der Waals surface area contributed by atoms with Crippen LogP contribution in [0.4, 0.5) is 0 Å². The van der Waals surface area contributed by atoms with Crippen LogP contribution in [0.15, 0.2) is 59.1 Å². The molecule has 4 aromatic rings. The molecule has 1 N–H and O–H groups in total. The summed E-state index contributed by atoms with van der Waals surface area (Å²) in [5, 5.41) is 0. The van der Waals surface area contributed by atoms with Gasteiger partial charge in [0, 0.05) is 24.7 Å². The van der Waals surface area contributed by atoms with Crippen molar-refractivity contribution in [1.82, 2.24) is 9.97 Å². The molecule has 0 radical (unpaired) electrons. The number of fused-ring (bicyclic) bond motifs is 1. The third kappa shape index (κ3) is 5.32. The fourth-order valence-corrected chi connectivity index (χ4v) is 4.85. The average molecular weight is 551 g/mol. The molecule has 0 fully saturated rings. The number of rotatable bonds is 10. The summed E-state index contributed by atoms with van der Waals surface area (Å²) in [5.41, 5.74) is 5.22. The average Bonchev–Trinajstić information content (AvgIpc) is 3.33. The Morgan fingerprint density at radius 1 is 1.06 bits per heavy atom. The zero-order chi connectivity index (χ0) is 25.8. The maximum absolute atomic E-state index is 12.2. The fourth-order valence-electron chi connectivity index (χ4n) is 4.20. The van der Waals surface area contributed by atoms with Crippen LogP contribution in [-0.4, -0.2) is 36.6 Å². The third-order valence-corrected chi connectivity index (χ3v) is 7.07. The van der Waals surface area contributed by atoms with Gasteiger partial charge in [0.25, 0.3) is 0 Å². The number of benzene rings is 3. The van der Waals surface area contributed by atoms with Crippen LogP contribution in [0.3, 0.4) is 0 Å². The normalized spacial score (nSPS) is 12.2. The molecule has 1 atom stereocenters. The van der Waals surface area contributed by atoms with E-state index in [1.807, 2.05) is 24.3 Å². The molecule has 0 saturated carbocycles. The topological polar surface area (TPSA) is 73.4 Å². The number of nitrogens with zero attached hydrogens (tertiary/aromatic N) is 1. The summed E-state index contributed by atoms with van der Waals surface area (Å²) in [6, 6.07) is 17.7. The lowest BCUT2D eigenvalue weighted by Crippen LogP contribution is -2.13. The van der Waals surface area contributed by atoms with Gasteiger partial charge in [-0.15, -0.1) is 0 Å². The zero-order valence-corrected chi connectivity index (χ0v) is 22.8. The van der Waals surface area contributed by atoms with Gasteiger partial charge >= 0.3 is 0 Å². The number of ketones is 1. The number of H-pyrrole nitrogens is 1.